The largest absolute Gasteiger partial charge is 0.362 e. The lowest BCUT2D eigenvalue weighted by atomic mass is 10.1. The zero-order valence-corrected chi connectivity index (χ0v) is 10.8. The van der Waals surface area contributed by atoms with Crippen molar-refractivity contribution in [2.45, 2.75) is 25.7 Å². The van der Waals surface area contributed by atoms with Crippen LogP contribution < -0.4 is 5.32 Å². The number of rotatable bonds is 4. The first-order valence-electron chi connectivity index (χ1n) is 6.17. The van der Waals surface area contributed by atoms with Gasteiger partial charge in [0.15, 0.2) is 5.13 Å². The first kappa shape index (κ1) is 10.8. The minimum absolute atomic E-state index is 0.816. The van der Waals surface area contributed by atoms with Crippen LogP contribution in [0.25, 0.3) is 10.4 Å². The summed E-state index contributed by atoms with van der Waals surface area (Å²) in [6.07, 6.45) is 4.68. The van der Waals surface area contributed by atoms with E-state index in [4.69, 9.17) is 0 Å². The molecule has 1 fully saturated rings. The van der Waals surface area contributed by atoms with Gasteiger partial charge in [-0.15, -0.1) is 0 Å². The van der Waals surface area contributed by atoms with E-state index in [-0.39, 0.29) is 0 Å². The van der Waals surface area contributed by atoms with Gasteiger partial charge in [0.05, 0.1) is 4.88 Å². The van der Waals surface area contributed by atoms with E-state index >= 15 is 0 Å². The maximum Gasteiger partial charge on any atom is 0.183 e. The summed E-state index contributed by atoms with van der Waals surface area (Å²) in [6.45, 7) is 3.02. The topological polar surface area (TPSA) is 24.9 Å². The lowest BCUT2D eigenvalue weighted by molar-refractivity contribution is 1.13. The summed E-state index contributed by atoms with van der Waals surface area (Å²) in [5.41, 5.74) is 2.79. The molecule has 0 aliphatic heterocycles. The van der Waals surface area contributed by atoms with Crippen LogP contribution in [-0.4, -0.2) is 11.5 Å². The monoisotopic (exact) mass is 244 g/mol. The van der Waals surface area contributed by atoms with Gasteiger partial charge in [0.25, 0.3) is 0 Å². The SMILES string of the molecule is CCNc1ncc(-c2cccc(C3CC3)c2)s1. The van der Waals surface area contributed by atoms with Crippen molar-refractivity contribution in [1.82, 2.24) is 4.98 Å². The maximum atomic E-state index is 4.38. The van der Waals surface area contributed by atoms with E-state index in [1.165, 1.54) is 28.8 Å². The number of hydrogen-bond acceptors (Lipinski definition) is 3. The molecule has 2 aromatic rings. The standard InChI is InChI=1S/C14H16N2S/c1-2-15-14-16-9-13(17-14)12-5-3-4-11(8-12)10-6-7-10/h3-5,8-10H,2,6-7H2,1H3,(H,15,16). The van der Waals surface area contributed by atoms with Gasteiger partial charge in [-0.2, -0.15) is 0 Å². The molecule has 1 heterocycles. The van der Waals surface area contributed by atoms with Crippen LogP contribution in [0.3, 0.4) is 0 Å². The fourth-order valence-corrected chi connectivity index (χ4v) is 2.88. The van der Waals surface area contributed by atoms with Gasteiger partial charge >= 0.3 is 0 Å². The molecule has 2 nitrogen and oxygen atoms in total. The number of nitrogens with one attached hydrogen (secondary N) is 1. The van der Waals surface area contributed by atoms with E-state index in [1.807, 2.05) is 6.20 Å². The molecule has 88 valence electrons. The Morgan fingerprint density at radius 2 is 2.29 bits per heavy atom. The summed E-state index contributed by atoms with van der Waals surface area (Å²) < 4.78 is 0. The van der Waals surface area contributed by atoms with Crippen molar-refractivity contribution >= 4 is 16.5 Å². The highest BCUT2D eigenvalue weighted by Gasteiger charge is 2.23. The summed E-state index contributed by atoms with van der Waals surface area (Å²) in [5.74, 6) is 0.816. The summed E-state index contributed by atoms with van der Waals surface area (Å²) >= 11 is 1.73. The summed E-state index contributed by atoms with van der Waals surface area (Å²) in [5, 5.41) is 4.27. The summed E-state index contributed by atoms with van der Waals surface area (Å²) in [6, 6.07) is 8.90. The predicted octanol–water partition coefficient (Wildman–Crippen LogP) is 4.12. The Morgan fingerprint density at radius 3 is 3.06 bits per heavy atom. The smallest absolute Gasteiger partial charge is 0.183 e. The van der Waals surface area contributed by atoms with Crippen molar-refractivity contribution < 1.29 is 0 Å². The van der Waals surface area contributed by atoms with Gasteiger partial charge in [0.1, 0.15) is 0 Å². The van der Waals surface area contributed by atoms with Gasteiger partial charge in [-0.25, -0.2) is 4.98 Å². The van der Waals surface area contributed by atoms with E-state index in [1.54, 1.807) is 11.3 Å². The van der Waals surface area contributed by atoms with Gasteiger partial charge in [0.2, 0.25) is 0 Å². The molecule has 1 aromatic heterocycles. The third kappa shape index (κ3) is 2.34. The minimum atomic E-state index is 0.816. The number of hydrogen-bond donors (Lipinski definition) is 1. The van der Waals surface area contributed by atoms with Crippen molar-refractivity contribution in [2.75, 3.05) is 11.9 Å². The predicted molar refractivity (Wildman–Crippen MR) is 73.7 cm³/mol. The molecule has 3 rings (SSSR count). The molecule has 0 amide bonds. The van der Waals surface area contributed by atoms with Crippen LogP contribution >= 0.6 is 11.3 Å². The zero-order valence-electron chi connectivity index (χ0n) is 9.94. The average molecular weight is 244 g/mol. The van der Waals surface area contributed by atoms with Gasteiger partial charge in [-0.05, 0) is 36.8 Å². The number of aromatic nitrogens is 1. The number of anilines is 1. The molecule has 0 spiro atoms. The first-order valence-corrected chi connectivity index (χ1v) is 6.98. The Labute approximate surface area is 106 Å². The van der Waals surface area contributed by atoms with Gasteiger partial charge in [-0.3, -0.25) is 0 Å². The van der Waals surface area contributed by atoms with Crippen LogP contribution in [0, 0.1) is 0 Å². The van der Waals surface area contributed by atoms with E-state index in [2.05, 4.69) is 41.5 Å². The molecule has 0 radical (unpaired) electrons. The quantitative estimate of drug-likeness (QED) is 0.875. The minimum Gasteiger partial charge on any atom is -0.362 e. The first-order chi connectivity index (χ1) is 8.36. The normalized spacial score (nSPS) is 14.9. The highest BCUT2D eigenvalue weighted by atomic mass is 32.1. The molecule has 1 aliphatic carbocycles. The van der Waals surface area contributed by atoms with Crippen LogP contribution in [0.4, 0.5) is 5.13 Å². The number of thiazole rings is 1. The van der Waals surface area contributed by atoms with Crippen LogP contribution in [0.1, 0.15) is 31.2 Å². The van der Waals surface area contributed by atoms with Crippen LogP contribution in [-0.2, 0) is 0 Å². The van der Waals surface area contributed by atoms with Gasteiger partial charge in [-0.1, -0.05) is 35.6 Å². The summed E-state index contributed by atoms with van der Waals surface area (Å²) in [4.78, 5) is 5.63. The lowest BCUT2D eigenvalue weighted by Crippen LogP contribution is -1.94. The lowest BCUT2D eigenvalue weighted by Gasteiger charge is -2.01. The molecule has 0 atom stereocenters. The van der Waals surface area contributed by atoms with Crippen molar-refractivity contribution in [3.05, 3.63) is 36.0 Å². The number of nitrogens with zero attached hydrogens (tertiary/aromatic N) is 1. The molecule has 1 N–H and O–H groups in total. The molecular formula is C14H16N2S. The Morgan fingerprint density at radius 1 is 1.41 bits per heavy atom. The molecule has 1 saturated carbocycles. The van der Waals surface area contributed by atoms with E-state index < -0.39 is 0 Å². The fraction of sp³-hybridized carbons (Fsp3) is 0.357. The van der Waals surface area contributed by atoms with Crippen molar-refractivity contribution in [3.8, 4) is 10.4 Å². The van der Waals surface area contributed by atoms with Gasteiger partial charge in [0, 0.05) is 12.7 Å². The zero-order chi connectivity index (χ0) is 11.7. The van der Waals surface area contributed by atoms with E-state index in [9.17, 15) is 0 Å². The number of benzene rings is 1. The Hall–Kier alpha value is -1.35. The molecule has 0 bridgehead atoms. The maximum absolute atomic E-state index is 4.38. The highest BCUT2D eigenvalue weighted by molar-refractivity contribution is 7.18. The average Bonchev–Trinajstić information content (AvgIpc) is 3.11. The van der Waals surface area contributed by atoms with Crippen LogP contribution in [0.5, 0.6) is 0 Å². The molecule has 1 aliphatic rings. The molecular weight excluding hydrogens is 228 g/mol. The van der Waals surface area contributed by atoms with Gasteiger partial charge < -0.3 is 5.32 Å². The van der Waals surface area contributed by atoms with E-state index in [0.717, 1.165) is 17.6 Å². The molecule has 0 saturated heterocycles. The molecule has 1 aromatic carbocycles. The van der Waals surface area contributed by atoms with Crippen molar-refractivity contribution in [3.63, 3.8) is 0 Å². The van der Waals surface area contributed by atoms with Crippen molar-refractivity contribution in [1.29, 1.82) is 0 Å². The Kier molecular flexibility index (Phi) is 2.85. The fourth-order valence-electron chi connectivity index (χ4n) is 2.00. The van der Waals surface area contributed by atoms with E-state index in [0.29, 0.717) is 0 Å². The Balaban J connectivity index is 1.88. The van der Waals surface area contributed by atoms with Crippen molar-refractivity contribution in [2.24, 2.45) is 0 Å². The molecule has 0 unspecified atom stereocenters. The second-order valence-electron chi connectivity index (χ2n) is 4.46. The highest BCUT2D eigenvalue weighted by Crippen LogP contribution is 2.41. The second kappa shape index (κ2) is 4.49. The Bertz CT molecular complexity index is 514. The van der Waals surface area contributed by atoms with Crippen LogP contribution in [0.15, 0.2) is 30.5 Å². The molecule has 3 heteroatoms. The van der Waals surface area contributed by atoms with Crippen LogP contribution in [0.2, 0.25) is 0 Å². The third-order valence-corrected chi connectivity index (χ3v) is 4.06. The second-order valence-corrected chi connectivity index (χ2v) is 5.49. The summed E-state index contributed by atoms with van der Waals surface area (Å²) in [7, 11) is 0. The third-order valence-electron chi connectivity index (χ3n) is 3.05. The molecule has 17 heavy (non-hydrogen) atoms.